The predicted octanol–water partition coefficient (Wildman–Crippen LogP) is 0.465. The topological polar surface area (TPSA) is 75.4 Å². The Labute approximate surface area is 118 Å². The Morgan fingerprint density at radius 2 is 2.05 bits per heavy atom. The van der Waals surface area contributed by atoms with Crippen LogP contribution in [0.5, 0.6) is 0 Å². The molecular formula is C15H19N3O2. The summed E-state index contributed by atoms with van der Waals surface area (Å²) in [5.74, 6) is 0.580. The fraction of sp³-hybridized carbons (Fsp3) is 0.467. The van der Waals surface area contributed by atoms with Crippen LogP contribution in [-0.4, -0.2) is 42.4 Å². The number of nitrogens with zero attached hydrogens (tertiary/aromatic N) is 1. The van der Waals surface area contributed by atoms with Crippen LogP contribution in [-0.2, 0) is 0 Å². The Balaban J connectivity index is 1.83. The van der Waals surface area contributed by atoms with Crippen molar-refractivity contribution in [3.05, 3.63) is 35.4 Å². The van der Waals surface area contributed by atoms with Crippen LogP contribution in [0.3, 0.4) is 0 Å². The second kappa shape index (κ2) is 4.90. The highest BCUT2D eigenvalue weighted by atomic mass is 16.2. The Bertz CT molecular complexity index is 558. The lowest BCUT2D eigenvalue weighted by Gasteiger charge is -2.24. The number of carbonyl (C=O) groups is 2. The van der Waals surface area contributed by atoms with Crippen molar-refractivity contribution in [2.45, 2.75) is 13.0 Å². The molecule has 2 aliphatic rings. The van der Waals surface area contributed by atoms with Crippen LogP contribution in [0.25, 0.3) is 0 Å². The molecule has 3 N–H and O–H groups in total. The summed E-state index contributed by atoms with van der Waals surface area (Å²) in [4.78, 5) is 25.8. The van der Waals surface area contributed by atoms with Gasteiger partial charge in [0.1, 0.15) is 0 Å². The van der Waals surface area contributed by atoms with Crippen molar-refractivity contribution >= 4 is 11.8 Å². The number of fused-ring (bicyclic) bond motifs is 1. The lowest BCUT2D eigenvalue weighted by Crippen LogP contribution is -2.38. The van der Waals surface area contributed by atoms with E-state index in [0.717, 1.165) is 19.6 Å². The number of primary amides is 1. The monoisotopic (exact) mass is 273 g/mol. The van der Waals surface area contributed by atoms with Crippen molar-refractivity contribution in [2.24, 2.45) is 17.6 Å². The van der Waals surface area contributed by atoms with Gasteiger partial charge in [0.05, 0.1) is 0 Å². The molecule has 1 aromatic rings. The number of hydrogen-bond acceptors (Lipinski definition) is 3. The van der Waals surface area contributed by atoms with Gasteiger partial charge in [-0.25, -0.2) is 0 Å². The third kappa shape index (κ3) is 2.08. The first kappa shape index (κ1) is 13.1. The van der Waals surface area contributed by atoms with E-state index in [9.17, 15) is 9.59 Å². The average Bonchev–Trinajstić information content (AvgIpc) is 3.02. The van der Waals surface area contributed by atoms with Gasteiger partial charge < -0.3 is 16.0 Å². The smallest absolute Gasteiger partial charge is 0.254 e. The van der Waals surface area contributed by atoms with E-state index in [0.29, 0.717) is 23.0 Å². The summed E-state index contributed by atoms with van der Waals surface area (Å²) in [5, 5.41) is 3.38. The summed E-state index contributed by atoms with van der Waals surface area (Å²) in [6, 6.07) is 6.90. The number of rotatable bonds is 2. The van der Waals surface area contributed by atoms with E-state index in [1.54, 1.807) is 24.3 Å². The summed E-state index contributed by atoms with van der Waals surface area (Å²) in [5.41, 5.74) is 6.19. The van der Waals surface area contributed by atoms with Crippen molar-refractivity contribution < 1.29 is 9.59 Å². The zero-order valence-corrected chi connectivity index (χ0v) is 11.5. The van der Waals surface area contributed by atoms with Crippen LogP contribution in [0.2, 0.25) is 0 Å². The molecule has 0 bridgehead atoms. The second-order valence-electron chi connectivity index (χ2n) is 5.73. The number of likely N-dealkylation sites (tertiary alicyclic amines) is 1. The minimum atomic E-state index is -0.504. The highest BCUT2D eigenvalue weighted by Gasteiger charge is 2.43. The summed E-state index contributed by atoms with van der Waals surface area (Å²) in [6.07, 6.45) is 0. The highest BCUT2D eigenvalue weighted by molar-refractivity contribution is 5.99. The number of nitrogens with two attached hydrogens (primary N) is 1. The molecule has 2 fully saturated rings. The molecule has 0 spiro atoms. The minimum absolute atomic E-state index is 0.00463. The lowest BCUT2D eigenvalue weighted by molar-refractivity contribution is 0.0728. The number of carbonyl (C=O) groups excluding carboxylic acids is 2. The van der Waals surface area contributed by atoms with E-state index in [4.69, 9.17) is 5.73 Å². The molecule has 0 aromatic heterocycles. The van der Waals surface area contributed by atoms with E-state index < -0.39 is 5.91 Å². The van der Waals surface area contributed by atoms with Gasteiger partial charge in [-0.05, 0) is 37.0 Å². The van der Waals surface area contributed by atoms with E-state index in [-0.39, 0.29) is 11.9 Å². The van der Waals surface area contributed by atoms with Crippen molar-refractivity contribution in [2.75, 3.05) is 19.6 Å². The van der Waals surface area contributed by atoms with Gasteiger partial charge in [0.25, 0.3) is 5.91 Å². The molecule has 3 rings (SSSR count). The van der Waals surface area contributed by atoms with Crippen molar-refractivity contribution in [1.29, 1.82) is 0 Å². The van der Waals surface area contributed by atoms with Gasteiger partial charge >= 0.3 is 0 Å². The van der Waals surface area contributed by atoms with E-state index in [1.165, 1.54) is 0 Å². The number of hydrogen-bond donors (Lipinski definition) is 2. The molecule has 2 amide bonds. The maximum absolute atomic E-state index is 12.6. The Hall–Kier alpha value is -1.88. The number of benzene rings is 1. The van der Waals surface area contributed by atoms with Gasteiger partial charge in [0, 0.05) is 36.8 Å². The zero-order chi connectivity index (χ0) is 14.3. The first-order valence-electron chi connectivity index (χ1n) is 6.99. The summed E-state index contributed by atoms with van der Waals surface area (Å²) in [7, 11) is 0. The van der Waals surface area contributed by atoms with E-state index in [1.807, 2.05) is 4.90 Å². The first-order valence-corrected chi connectivity index (χ1v) is 6.99. The van der Waals surface area contributed by atoms with Gasteiger partial charge in [-0.15, -0.1) is 0 Å². The number of amides is 2. The Morgan fingerprint density at radius 1 is 1.30 bits per heavy atom. The number of nitrogens with one attached hydrogen (secondary N) is 1. The maximum atomic E-state index is 12.6. The van der Waals surface area contributed by atoms with Crippen LogP contribution in [0.4, 0.5) is 0 Å². The van der Waals surface area contributed by atoms with Crippen LogP contribution in [0, 0.1) is 11.8 Å². The molecule has 0 saturated carbocycles. The van der Waals surface area contributed by atoms with Crippen molar-refractivity contribution in [3.63, 3.8) is 0 Å². The molecule has 20 heavy (non-hydrogen) atoms. The SMILES string of the molecule is CC1C2CNCC2CN1C(=O)c1cccc(C(N)=O)c1. The third-order valence-corrected chi connectivity index (χ3v) is 4.59. The zero-order valence-electron chi connectivity index (χ0n) is 11.5. The summed E-state index contributed by atoms with van der Waals surface area (Å²) in [6.45, 7) is 4.86. The summed E-state index contributed by atoms with van der Waals surface area (Å²) < 4.78 is 0. The molecule has 5 nitrogen and oxygen atoms in total. The quantitative estimate of drug-likeness (QED) is 0.822. The van der Waals surface area contributed by atoms with Crippen LogP contribution >= 0.6 is 0 Å². The van der Waals surface area contributed by atoms with Crippen molar-refractivity contribution in [1.82, 2.24) is 10.2 Å². The normalized spacial score (nSPS) is 28.4. The molecule has 0 aliphatic carbocycles. The largest absolute Gasteiger partial charge is 0.366 e. The van der Waals surface area contributed by atoms with Gasteiger partial charge in [0.2, 0.25) is 5.91 Å². The van der Waals surface area contributed by atoms with Gasteiger partial charge in [-0.2, -0.15) is 0 Å². The Morgan fingerprint density at radius 3 is 2.75 bits per heavy atom. The standard InChI is InChI=1S/C15H19N3O2/c1-9-13-7-17-6-12(13)8-18(9)15(20)11-4-2-3-10(5-11)14(16)19/h2-5,9,12-13,17H,6-8H2,1H3,(H2,16,19). The fourth-order valence-corrected chi connectivity index (χ4v) is 3.41. The molecule has 2 aliphatic heterocycles. The highest BCUT2D eigenvalue weighted by Crippen LogP contribution is 2.33. The predicted molar refractivity (Wildman–Crippen MR) is 75.3 cm³/mol. The van der Waals surface area contributed by atoms with Gasteiger partial charge in [-0.3, -0.25) is 9.59 Å². The molecule has 3 atom stereocenters. The molecule has 0 radical (unpaired) electrons. The van der Waals surface area contributed by atoms with E-state index >= 15 is 0 Å². The van der Waals surface area contributed by atoms with Crippen LogP contribution in [0.15, 0.2) is 24.3 Å². The van der Waals surface area contributed by atoms with E-state index in [2.05, 4.69) is 12.2 Å². The van der Waals surface area contributed by atoms with Gasteiger partial charge in [0.15, 0.2) is 0 Å². The molecule has 1 aromatic carbocycles. The second-order valence-corrected chi connectivity index (χ2v) is 5.73. The van der Waals surface area contributed by atoms with Crippen LogP contribution < -0.4 is 11.1 Å². The average molecular weight is 273 g/mol. The molecule has 3 unspecified atom stereocenters. The lowest BCUT2D eigenvalue weighted by atomic mass is 9.95. The van der Waals surface area contributed by atoms with Crippen molar-refractivity contribution in [3.8, 4) is 0 Å². The Kier molecular flexibility index (Phi) is 3.22. The third-order valence-electron chi connectivity index (χ3n) is 4.59. The molecule has 5 heteroatoms. The fourth-order valence-electron chi connectivity index (χ4n) is 3.41. The minimum Gasteiger partial charge on any atom is -0.366 e. The molecule has 106 valence electrons. The maximum Gasteiger partial charge on any atom is 0.254 e. The van der Waals surface area contributed by atoms with Crippen LogP contribution in [0.1, 0.15) is 27.6 Å². The molecular weight excluding hydrogens is 254 g/mol. The first-order chi connectivity index (χ1) is 9.58. The molecule has 2 heterocycles. The molecule has 2 saturated heterocycles. The van der Waals surface area contributed by atoms with Gasteiger partial charge in [-0.1, -0.05) is 6.07 Å². The summed E-state index contributed by atoms with van der Waals surface area (Å²) >= 11 is 0.